The molecule has 0 aromatic carbocycles. The van der Waals surface area contributed by atoms with Crippen LogP contribution in [0.3, 0.4) is 0 Å². The van der Waals surface area contributed by atoms with E-state index in [1.54, 1.807) is 4.90 Å². The van der Waals surface area contributed by atoms with Crippen molar-refractivity contribution in [3.05, 3.63) is 0 Å². The summed E-state index contributed by atoms with van der Waals surface area (Å²) in [7, 11) is -1.76. The fourth-order valence-corrected chi connectivity index (χ4v) is 2.86. The summed E-state index contributed by atoms with van der Waals surface area (Å²) in [6.45, 7) is 1.14. The van der Waals surface area contributed by atoms with E-state index in [0.717, 1.165) is 19.1 Å². The van der Waals surface area contributed by atoms with E-state index >= 15 is 0 Å². The zero-order chi connectivity index (χ0) is 13.8. The van der Waals surface area contributed by atoms with E-state index in [4.69, 9.17) is 10.5 Å². The number of carbonyl (C=O) groups excluding carboxylic acids is 1. The normalized spacial score (nSPS) is 22.8. The average molecular weight is 279 g/mol. The molecule has 0 aliphatic carbocycles. The van der Waals surface area contributed by atoms with Crippen molar-refractivity contribution in [2.75, 3.05) is 33.1 Å². The van der Waals surface area contributed by atoms with Crippen LogP contribution in [0.4, 0.5) is 0 Å². The number of methoxy groups -OCH3 is 1. The molecule has 1 saturated heterocycles. The number of carbonyl (C=O) groups is 1. The lowest BCUT2D eigenvalue weighted by Gasteiger charge is -2.34. The molecule has 0 spiro atoms. The molecule has 0 saturated carbocycles. The maximum atomic E-state index is 11.9. The zero-order valence-electron chi connectivity index (χ0n) is 10.8. The molecule has 1 amide bonds. The lowest BCUT2D eigenvalue weighted by atomic mass is 10.1. The quantitative estimate of drug-likeness (QED) is 0.638. The second kappa shape index (κ2) is 6.46. The Hall–Kier alpha value is -0.700. The molecule has 0 radical (unpaired) electrons. The van der Waals surface area contributed by atoms with Crippen LogP contribution in [-0.4, -0.2) is 64.4 Å². The van der Waals surface area contributed by atoms with Crippen molar-refractivity contribution >= 4 is 15.9 Å². The van der Waals surface area contributed by atoms with E-state index in [-0.39, 0.29) is 18.6 Å². The molecule has 1 heterocycles. The van der Waals surface area contributed by atoms with Gasteiger partial charge in [-0.15, -0.1) is 0 Å². The van der Waals surface area contributed by atoms with Gasteiger partial charge in [-0.2, -0.15) is 0 Å². The van der Waals surface area contributed by atoms with Crippen molar-refractivity contribution in [1.82, 2.24) is 9.62 Å². The van der Waals surface area contributed by atoms with Crippen molar-refractivity contribution in [3.8, 4) is 0 Å². The van der Waals surface area contributed by atoms with Crippen LogP contribution in [0, 0.1) is 0 Å². The first-order valence-electron chi connectivity index (χ1n) is 5.84. The Bertz CT molecular complexity index is 385. The number of nitrogens with two attached hydrogens (primary N) is 1. The number of likely N-dealkylation sites (tertiary alicyclic amines) is 1. The van der Waals surface area contributed by atoms with Crippen LogP contribution in [0.25, 0.3) is 0 Å². The van der Waals surface area contributed by atoms with E-state index in [2.05, 4.69) is 4.72 Å². The van der Waals surface area contributed by atoms with Gasteiger partial charge in [-0.05, 0) is 12.8 Å². The van der Waals surface area contributed by atoms with E-state index < -0.39 is 16.1 Å². The number of amides is 1. The van der Waals surface area contributed by atoms with Gasteiger partial charge in [0.05, 0.1) is 12.9 Å². The van der Waals surface area contributed by atoms with Gasteiger partial charge in [0.15, 0.2) is 0 Å². The lowest BCUT2D eigenvalue weighted by molar-refractivity contribution is -0.135. The molecule has 2 atom stereocenters. The van der Waals surface area contributed by atoms with E-state index in [1.165, 1.54) is 7.11 Å². The Morgan fingerprint density at radius 1 is 1.61 bits per heavy atom. The van der Waals surface area contributed by atoms with E-state index in [9.17, 15) is 13.2 Å². The van der Waals surface area contributed by atoms with Gasteiger partial charge in [0.25, 0.3) is 0 Å². The molecule has 0 bridgehead atoms. The maximum absolute atomic E-state index is 11.9. The summed E-state index contributed by atoms with van der Waals surface area (Å²) >= 11 is 0. The highest BCUT2D eigenvalue weighted by Gasteiger charge is 2.28. The number of hydrogen-bond donors (Lipinski definition) is 2. The van der Waals surface area contributed by atoms with Gasteiger partial charge in [-0.1, -0.05) is 0 Å². The second-order valence-electron chi connectivity index (χ2n) is 4.58. The van der Waals surface area contributed by atoms with E-state index in [1.807, 2.05) is 0 Å². The van der Waals surface area contributed by atoms with Crippen LogP contribution in [0.15, 0.2) is 0 Å². The molecule has 7 nitrogen and oxygen atoms in total. The number of ether oxygens (including phenoxy) is 1. The highest BCUT2D eigenvalue weighted by Crippen LogP contribution is 2.11. The summed E-state index contributed by atoms with van der Waals surface area (Å²) in [5.74, 6) is -0.197. The lowest BCUT2D eigenvalue weighted by Crippen LogP contribution is -2.54. The van der Waals surface area contributed by atoms with Crippen molar-refractivity contribution in [2.45, 2.75) is 24.9 Å². The fraction of sp³-hybridized carbons (Fsp3) is 0.900. The van der Waals surface area contributed by atoms with Crippen molar-refractivity contribution in [2.24, 2.45) is 5.73 Å². The first kappa shape index (κ1) is 15.4. The van der Waals surface area contributed by atoms with Gasteiger partial charge < -0.3 is 15.4 Å². The summed E-state index contributed by atoms with van der Waals surface area (Å²) in [4.78, 5) is 13.5. The topological polar surface area (TPSA) is 102 Å². The number of rotatable bonds is 5. The standard InChI is InChI=1S/C10H21N3O4S/c1-17-7-9(11)10(14)13-5-3-4-8(6-13)12-18(2,15)16/h8-9,12H,3-7,11H2,1-2H3. The van der Waals surface area contributed by atoms with Crippen LogP contribution in [-0.2, 0) is 19.6 Å². The second-order valence-corrected chi connectivity index (χ2v) is 6.36. The Kier molecular flexibility index (Phi) is 5.51. The molecule has 18 heavy (non-hydrogen) atoms. The SMILES string of the molecule is COCC(N)C(=O)N1CCCC(NS(C)(=O)=O)C1. The number of hydrogen-bond acceptors (Lipinski definition) is 5. The van der Waals surface area contributed by atoms with Crippen molar-refractivity contribution in [3.63, 3.8) is 0 Å². The average Bonchev–Trinajstić information content (AvgIpc) is 2.26. The fourth-order valence-electron chi connectivity index (χ4n) is 2.06. The molecular formula is C10H21N3O4S. The largest absolute Gasteiger partial charge is 0.383 e. The van der Waals surface area contributed by atoms with E-state index in [0.29, 0.717) is 13.1 Å². The van der Waals surface area contributed by atoms with Crippen LogP contribution >= 0.6 is 0 Å². The molecule has 1 aliphatic heterocycles. The minimum atomic E-state index is -3.25. The van der Waals surface area contributed by atoms with Crippen molar-refractivity contribution < 1.29 is 17.9 Å². The number of nitrogens with zero attached hydrogens (tertiary/aromatic N) is 1. The van der Waals surface area contributed by atoms with Gasteiger partial charge >= 0.3 is 0 Å². The molecule has 0 aromatic heterocycles. The van der Waals surface area contributed by atoms with Crippen LogP contribution in [0.1, 0.15) is 12.8 Å². The van der Waals surface area contributed by atoms with Gasteiger partial charge in [0, 0.05) is 26.2 Å². The van der Waals surface area contributed by atoms with Crippen LogP contribution < -0.4 is 10.5 Å². The van der Waals surface area contributed by atoms with Gasteiger partial charge in [-0.25, -0.2) is 13.1 Å². The maximum Gasteiger partial charge on any atom is 0.241 e. The molecule has 3 N–H and O–H groups in total. The summed E-state index contributed by atoms with van der Waals surface area (Å²) in [5.41, 5.74) is 5.68. The monoisotopic (exact) mass is 279 g/mol. The third-order valence-corrected chi connectivity index (χ3v) is 3.54. The molecular weight excluding hydrogens is 258 g/mol. The Labute approximate surface area is 108 Å². The highest BCUT2D eigenvalue weighted by molar-refractivity contribution is 7.88. The minimum absolute atomic E-state index is 0.166. The van der Waals surface area contributed by atoms with Crippen LogP contribution in [0.5, 0.6) is 0 Å². The third-order valence-electron chi connectivity index (χ3n) is 2.78. The molecule has 1 fully saturated rings. The summed E-state index contributed by atoms with van der Waals surface area (Å²) in [6, 6.07) is -0.917. The highest BCUT2D eigenvalue weighted by atomic mass is 32.2. The number of nitrogens with one attached hydrogen (secondary N) is 1. The molecule has 2 unspecified atom stereocenters. The first-order chi connectivity index (χ1) is 8.33. The Morgan fingerprint density at radius 2 is 2.28 bits per heavy atom. The smallest absolute Gasteiger partial charge is 0.241 e. The van der Waals surface area contributed by atoms with Crippen LogP contribution in [0.2, 0.25) is 0 Å². The minimum Gasteiger partial charge on any atom is -0.383 e. The predicted molar refractivity (Wildman–Crippen MR) is 67.4 cm³/mol. The summed E-state index contributed by atoms with van der Waals surface area (Å²) in [6.07, 6.45) is 2.61. The summed E-state index contributed by atoms with van der Waals surface area (Å²) in [5, 5.41) is 0. The Morgan fingerprint density at radius 3 is 2.83 bits per heavy atom. The Balaban J connectivity index is 2.55. The zero-order valence-corrected chi connectivity index (χ0v) is 11.6. The summed E-state index contributed by atoms with van der Waals surface area (Å²) < 4.78 is 29.7. The van der Waals surface area contributed by atoms with Gasteiger partial charge in [-0.3, -0.25) is 4.79 Å². The number of piperidine rings is 1. The third kappa shape index (κ3) is 4.89. The molecule has 0 aromatic rings. The first-order valence-corrected chi connectivity index (χ1v) is 7.73. The molecule has 1 rings (SSSR count). The molecule has 1 aliphatic rings. The molecule has 106 valence electrons. The molecule has 8 heteroatoms. The van der Waals surface area contributed by atoms with Crippen molar-refractivity contribution in [1.29, 1.82) is 0 Å². The van der Waals surface area contributed by atoms with Gasteiger partial charge in [0.1, 0.15) is 6.04 Å². The number of sulfonamides is 1. The van der Waals surface area contributed by atoms with Gasteiger partial charge in [0.2, 0.25) is 15.9 Å². The predicted octanol–water partition coefficient (Wildman–Crippen LogP) is -1.50.